The molecule has 0 N–H and O–H groups in total. The normalized spacial score (nSPS) is 21.5. The van der Waals surface area contributed by atoms with E-state index in [0.29, 0.717) is 5.78 Å². The molecule has 4 heteroatoms. The van der Waals surface area contributed by atoms with Crippen LogP contribution < -0.4 is 0 Å². The van der Waals surface area contributed by atoms with Gasteiger partial charge in [0.2, 0.25) is 0 Å². The molecule has 1 saturated carbocycles. The van der Waals surface area contributed by atoms with E-state index in [-0.39, 0.29) is 5.92 Å². The summed E-state index contributed by atoms with van der Waals surface area (Å²) in [6.45, 7) is 3.03. The van der Waals surface area contributed by atoms with Crippen molar-refractivity contribution in [1.29, 1.82) is 0 Å². The third-order valence-corrected chi connectivity index (χ3v) is 4.01. The van der Waals surface area contributed by atoms with Gasteiger partial charge in [-0.2, -0.15) is 5.10 Å². The van der Waals surface area contributed by atoms with Crippen LogP contribution in [0.15, 0.2) is 10.7 Å². The summed E-state index contributed by atoms with van der Waals surface area (Å²) in [6.07, 6.45) is 7.96. The molecule has 0 radical (unpaired) electrons. The SMILES string of the molecule is CCCn1ncc(Br)c1C1CCCCCC1=O. The molecule has 94 valence electrons. The van der Waals surface area contributed by atoms with Crippen LogP contribution in [-0.2, 0) is 11.3 Å². The van der Waals surface area contributed by atoms with E-state index in [2.05, 4.69) is 28.0 Å². The number of hydrogen-bond donors (Lipinski definition) is 0. The minimum Gasteiger partial charge on any atom is -0.299 e. The van der Waals surface area contributed by atoms with Crippen LogP contribution in [0.2, 0.25) is 0 Å². The minimum absolute atomic E-state index is 0.0564. The summed E-state index contributed by atoms with van der Waals surface area (Å²) < 4.78 is 2.99. The molecule has 0 spiro atoms. The number of rotatable bonds is 3. The Morgan fingerprint density at radius 3 is 3.06 bits per heavy atom. The van der Waals surface area contributed by atoms with Crippen LogP contribution in [0.3, 0.4) is 0 Å². The molecule has 0 amide bonds. The van der Waals surface area contributed by atoms with Crippen LogP contribution in [0.1, 0.15) is 57.1 Å². The predicted molar refractivity (Wildman–Crippen MR) is 71.1 cm³/mol. The molecule has 1 fully saturated rings. The number of halogens is 1. The average molecular weight is 299 g/mol. The van der Waals surface area contributed by atoms with E-state index in [1.807, 2.05) is 10.9 Å². The van der Waals surface area contributed by atoms with Gasteiger partial charge in [0.05, 0.1) is 22.3 Å². The van der Waals surface area contributed by atoms with E-state index in [9.17, 15) is 4.79 Å². The first kappa shape index (κ1) is 12.8. The zero-order valence-corrected chi connectivity index (χ0v) is 11.9. The molecule has 0 aromatic carbocycles. The zero-order valence-electron chi connectivity index (χ0n) is 10.3. The maximum atomic E-state index is 12.2. The Hall–Kier alpha value is -0.640. The standard InChI is InChI=1S/C13H19BrN2O/c1-2-8-16-13(11(14)9-15-16)10-6-4-3-5-7-12(10)17/h9-10H,2-8H2,1H3. The Morgan fingerprint density at radius 1 is 1.47 bits per heavy atom. The molecule has 1 unspecified atom stereocenters. The molecule has 1 aliphatic carbocycles. The number of ketones is 1. The Kier molecular flexibility index (Phi) is 4.37. The van der Waals surface area contributed by atoms with Crippen LogP contribution >= 0.6 is 15.9 Å². The maximum absolute atomic E-state index is 12.2. The molecular weight excluding hydrogens is 280 g/mol. The lowest BCUT2D eigenvalue weighted by atomic mass is 9.95. The van der Waals surface area contributed by atoms with Crippen LogP contribution in [0, 0.1) is 0 Å². The summed E-state index contributed by atoms with van der Waals surface area (Å²) in [5.74, 6) is 0.446. The highest BCUT2D eigenvalue weighted by Crippen LogP contribution is 2.33. The number of carbonyl (C=O) groups excluding carboxylic acids is 1. The van der Waals surface area contributed by atoms with E-state index in [4.69, 9.17) is 0 Å². The molecule has 1 heterocycles. The van der Waals surface area contributed by atoms with Gasteiger partial charge in [-0.05, 0) is 35.2 Å². The quantitative estimate of drug-likeness (QED) is 0.798. The Balaban J connectivity index is 2.30. The number of nitrogens with zero attached hydrogens (tertiary/aromatic N) is 2. The molecule has 17 heavy (non-hydrogen) atoms. The number of hydrogen-bond acceptors (Lipinski definition) is 2. The number of aromatic nitrogens is 2. The van der Waals surface area contributed by atoms with E-state index >= 15 is 0 Å². The molecule has 0 bridgehead atoms. The van der Waals surface area contributed by atoms with Crippen molar-refractivity contribution in [3.63, 3.8) is 0 Å². The van der Waals surface area contributed by atoms with Crippen molar-refractivity contribution in [2.75, 3.05) is 0 Å². The van der Waals surface area contributed by atoms with Crippen LogP contribution in [0.25, 0.3) is 0 Å². The molecular formula is C13H19BrN2O. The second-order valence-electron chi connectivity index (χ2n) is 4.72. The highest BCUT2D eigenvalue weighted by molar-refractivity contribution is 9.10. The third kappa shape index (κ3) is 2.79. The number of Topliss-reactive ketones (excluding diaryl/α,β-unsaturated/α-hetero) is 1. The summed E-state index contributed by atoms with van der Waals surface area (Å²) >= 11 is 3.54. The second-order valence-corrected chi connectivity index (χ2v) is 5.57. The molecule has 1 aliphatic rings. The van der Waals surface area contributed by atoms with Gasteiger partial charge in [-0.25, -0.2) is 0 Å². The fourth-order valence-corrected chi connectivity index (χ4v) is 3.13. The van der Waals surface area contributed by atoms with E-state index < -0.39 is 0 Å². The first-order valence-corrected chi connectivity index (χ1v) is 7.27. The van der Waals surface area contributed by atoms with Gasteiger partial charge in [0, 0.05) is 13.0 Å². The van der Waals surface area contributed by atoms with E-state index in [0.717, 1.165) is 48.8 Å². The van der Waals surface area contributed by atoms with Crippen LogP contribution in [0.5, 0.6) is 0 Å². The van der Waals surface area contributed by atoms with Gasteiger partial charge < -0.3 is 0 Å². The first-order chi connectivity index (χ1) is 8.24. The van der Waals surface area contributed by atoms with Crippen molar-refractivity contribution in [2.24, 2.45) is 0 Å². The summed E-state index contributed by atoms with van der Waals surface area (Å²) in [7, 11) is 0. The topological polar surface area (TPSA) is 34.9 Å². The number of carbonyl (C=O) groups is 1. The smallest absolute Gasteiger partial charge is 0.141 e. The van der Waals surface area contributed by atoms with Crippen molar-refractivity contribution < 1.29 is 4.79 Å². The van der Waals surface area contributed by atoms with Crippen molar-refractivity contribution in [2.45, 2.75) is 57.9 Å². The lowest BCUT2D eigenvalue weighted by Gasteiger charge is -2.16. The molecule has 3 nitrogen and oxygen atoms in total. The van der Waals surface area contributed by atoms with Gasteiger partial charge in [-0.3, -0.25) is 9.48 Å². The zero-order chi connectivity index (χ0) is 12.3. The Morgan fingerprint density at radius 2 is 2.29 bits per heavy atom. The van der Waals surface area contributed by atoms with Crippen LogP contribution in [0.4, 0.5) is 0 Å². The minimum atomic E-state index is 0.0564. The highest BCUT2D eigenvalue weighted by atomic mass is 79.9. The molecule has 0 aliphatic heterocycles. The van der Waals surface area contributed by atoms with Gasteiger partial charge in [-0.1, -0.05) is 19.8 Å². The Bertz CT molecular complexity index is 400. The Labute approximate surface area is 111 Å². The fraction of sp³-hybridized carbons (Fsp3) is 0.692. The van der Waals surface area contributed by atoms with Crippen molar-refractivity contribution in [3.05, 3.63) is 16.4 Å². The van der Waals surface area contributed by atoms with Gasteiger partial charge in [0.15, 0.2) is 0 Å². The van der Waals surface area contributed by atoms with Crippen molar-refractivity contribution in [1.82, 2.24) is 9.78 Å². The lowest BCUT2D eigenvalue weighted by molar-refractivity contribution is -0.120. The molecule has 1 aromatic rings. The summed E-state index contributed by atoms with van der Waals surface area (Å²) in [5, 5.41) is 4.36. The summed E-state index contributed by atoms with van der Waals surface area (Å²) in [6, 6.07) is 0. The summed E-state index contributed by atoms with van der Waals surface area (Å²) in [5.41, 5.74) is 1.10. The van der Waals surface area contributed by atoms with Crippen molar-refractivity contribution in [3.8, 4) is 0 Å². The first-order valence-electron chi connectivity index (χ1n) is 6.48. The lowest BCUT2D eigenvalue weighted by Crippen LogP contribution is -2.16. The second kappa shape index (κ2) is 5.80. The largest absolute Gasteiger partial charge is 0.299 e. The van der Waals surface area contributed by atoms with Gasteiger partial charge in [-0.15, -0.1) is 0 Å². The van der Waals surface area contributed by atoms with E-state index in [1.54, 1.807) is 0 Å². The highest BCUT2D eigenvalue weighted by Gasteiger charge is 2.27. The fourth-order valence-electron chi connectivity index (χ4n) is 2.56. The van der Waals surface area contributed by atoms with Gasteiger partial charge in [0.1, 0.15) is 5.78 Å². The van der Waals surface area contributed by atoms with Crippen molar-refractivity contribution >= 4 is 21.7 Å². The monoisotopic (exact) mass is 298 g/mol. The molecule has 2 rings (SSSR count). The van der Waals surface area contributed by atoms with Gasteiger partial charge >= 0.3 is 0 Å². The summed E-state index contributed by atoms with van der Waals surface area (Å²) in [4.78, 5) is 12.2. The average Bonchev–Trinajstić information content (AvgIpc) is 2.53. The van der Waals surface area contributed by atoms with Gasteiger partial charge in [0.25, 0.3) is 0 Å². The predicted octanol–water partition coefficient (Wildman–Crippen LogP) is 3.67. The third-order valence-electron chi connectivity index (χ3n) is 3.40. The number of aryl methyl sites for hydroxylation is 1. The van der Waals surface area contributed by atoms with Crippen LogP contribution in [-0.4, -0.2) is 15.6 Å². The molecule has 0 saturated heterocycles. The van der Waals surface area contributed by atoms with E-state index in [1.165, 1.54) is 6.42 Å². The molecule has 1 atom stereocenters. The molecule has 1 aromatic heterocycles. The maximum Gasteiger partial charge on any atom is 0.141 e.